The quantitative estimate of drug-likeness (QED) is 0.265. The Morgan fingerprint density at radius 2 is 0.971 bits per heavy atom. The maximum atomic E-state index is 4.80. The third kappa shape index (κ3) is 5.24. The predicted molar refractivity (Wildman–Crippen MR) is 150 cm³/mol. The van der Waals surface area contributed by atoms with Crippen molar-refractivity contribution in [2.24, 2.45) is 0 Å². The van der Waals surface area contributed by atoms with Gasteiger partial charge in [0.25, 0.3) is 0 Å². The number of nitrogens with one attached hydrogen (secondary N) is 2. The highest BCUT2D eigenvalue weighted by Gasteiger charge is 2.06. The van der Waals surface area contributed by atoms with E-state index < -0.39 is 0 Å². The van der Waals surface area contributed by atoms with Crippen LogP contribution in [0.1, 0.15) is 22.3 Å². The molecule has 0 amide bonds. The summed E-state index contributed by atoms with van der Waals surface area (Å²) < 4.78 is 0. The molecule has 2 heterocycles. The van der Waals surface area contributed by atoms with Gasteiger partial charge in [0, 0.05) is 22.1 Å². The summed E-state index contributed by atoms with van der Waals surface area (Å²) in [7, 11) is 0. The normalized spacial score (nSPS) is 10.5. The second-order valence-corrected chi connectivity index (χ2v) is 8.52. The molecule has 4 nitrogen and oxygen atoms in total. The van der Waals surface area contributed by atoms with E-state index in [4.69, 9.17) is 9.97 Å². The molecule has 3 aromatic carbocycles. The first-order valence-corrected chi connectivity index (χ1v) is 10.8. The van der Waals surface area contributed by atoms with Gasteiger partial charge in [0.2, 0.25) is 0 Å². The lowest BCUT2D eigenvalue weighted by atomic mass is 10.1. The molecule has 0 saturated carbocycles. The first-order valence-electron chi connectivity index (χ1n) is 10.8. The molecule has 0 bridgehead atoms. The number of aryl methyl sites for hydroxylation is 4. The number of hydrogen-bond acceptors (Lipinski definition) is 4. The van der Waals surface area contributed by atoms with Gasteiger partial charge in [-0.25, -0.2) is 9.97 Å². The molecule has 0 aliphatic carbocycles. The number of benzene rings is 3. The maximum absolute atomic E-state index is 4.80. The smallest absolute Gasteiger partial charge is 0.131 e. The number of nitrogens with zero attached hydrogens (tertiary/aromatic N) is 2. The first-order chi connectivity index (χ1) is 15.4. The van der Waals surface area contributed by atoms with Gasteiger partial charge in [0.15, 0.2) is 0 Å². The van der Waals surface area contributed by atoms with Gasteiger partial charge >= 0.3 is 0 Å². The van der Waals surface area contributed by atoms with Crippen molar-refractivity contribution in [3.05, 3.63) is 95.1 Å². The Morgan fingerprint density at radius 1 is 0.529 bits per heavy atom. The van der Waals surface area contributed by atoms with Crippen LogP contribution in [0.15, 0.2) is 72.8 Å². The Bertz CT molecular complexity index is 1370. The van der Waals surface area contributed by atoms with Gasteiger partial charge in [-0.05, 0) is 93.4 Å². The van der Waals surface area contributed by atoms with Crippen molar-refractivity contribution in [1.82, 2.24) is 9.97 Å². The highest BCUT2D eigenvalue weighted by atomic mass is 35.5. The fourth-order valence-corrected chi connectivity index (χ4v) is 4.11. The molecule has 0 radical (unpaired) electrons. The molecule has 5 aromatic rings. The lowest BCUT2D eigenvalue weighted by Crippen LogP contribution is -1.98. The minimum absolute atomic E-state index is 0. The van der Waals surface area contributed by atoms with Gasteiger partial charge in [0.05, 0.1) is 11.0 Å². The van der Waals surface area contributed by atoms with E-state index in [9.17, 15) is 0 Å². The number of pyridine rings is 2. The SMILES string of the molecule is Cc1ccc2nc(Nc3cccc(Nc4cc(C)c5cc(C)ccc5n4)c3)cc(C)c2c1.Cl.Cl. The number of fused-ring (bicyclic) bond motifs is 2. The van der Waals surface area contributed by atoms with Gasteiger partial charge in [0.1, 0.15) is 11.6 Å². The zero-order valence-electron chi connectivity index (χ0n) is 19.6. The zero-order chi connectivity index (χ0) is 22.2. The van der Waals surface area contributed by atoms with E-state index in [-0.39, 0.29) is 24.8 Å². The summed E-state index contributed by atoms with van der Waals surface area (Å²) in [5, 5.41) is 9.29. The van der Waals surface area contributed by atoms with Crippen LogP contribution in [0.2, 0.25) is 0 Å². The van der Waals surface area contributed by atoms with Crippen molar-refractivity contribution < 1.29 is 0 Å². The summed E-state index contributed by atoms with van der Waals surface area (Å²) >= 11 is 0. The Kier molecular flexibility index (Phi) is 7.65. The van der Waals surface area contributed by atoms with Crippen LogP contribution in [-0.4, -0.2) is 9.97 Å². The lowest BCUT2D eigenvalue weighted by molar-refractivity contribution is 1.32. The van der Waals surface area contributed by atoms with Crippen LogP contribution in [0.4, 0.5) is 23.0 Å². The van der Waals surface area contributed by atoms with E-state index in [2.05, 4.69) is 92.9 Å². The Hall–Kier alpha value is -3.34. The standard InChI is InChI=1S/C28H26N4.2ClH/c1-17-8-10-25-23(12-17)19(3)14-27(31-25)29-21-6-5-7-22(16-21)30-28-15-20(4)24-13-18(2)9-11-26(24)32-28;;/h5-16H,1-4H3,(H,29,31)(H,30,32);2*1H. The number of aromatic nitrogens is 2. The molecular formula is C28H28Cl2N4. The van der Waals surface area contributed by atoms with Crippen molar-refractivity contribution in [2.75, 3.05) is 10.6 Å². The fourth-order valence-electron chi connectivity index (χ4n) is 4.11. The van der Waals surface area contributed by atoms with Crippen LogP contribution >= 0.6 is 24.8 Å². The molecular weight excluding hydrogens is 463 g/mol. The highest BCUT2D eigenvalue weighted by Crippen LogP contribution is 2.27. The third-order valence-electron chi connectivity index (χ3n) is 5.75. The third-order valence-corrected chi connectivity index (χ3v) is 5.75. The fraction of sp³-hybridized carbons (Fsp3) is 0.143. The van der Waals surface area contributed by atoms with Crippen LogP contribution in [0.5, 0.6) is 0 Å². The molecule has 0 fully saturated rings. The zero-order valence-corrected chi connectivity index (χ0v) is 21.3. The van der Waals surface area contributed by atoms with E-state index in [1.807, 2.05) is 18.2 Å². The van der Waals surface area contributed by atoms with Gasteiger partial charge < -0.3 is 10.6 Å². The topological polar surface area (TPSA) is 49.8 Å². The van der Waals surface area contributed by atoms with Crippen molar-refractivity contribution >= 4 is 69.6 Å². The Labute approximate surface area is 212 Å². The van der Waals surface area contributed by atoms with Gasteiger partial charge in [-0.1, -0.05) is 29.3 Å². The minimum atomic E-state index is 0. The van der Waals surface area contributed by atoms with E-state index in [0.29, 0.717) is 0 Å². The lowest BCUT2D eigenvalue weighted by Gasteiger charge is -2.12. The van der Waals surface area contributed by atoms with Crippen LogP contribution in [0, 0.1) is 27.7 Å². The second kappa shape index (κ2) is 10.3. The summed E-state index contributed by atoms with van der Waals surface area (Å²) in [6.07, 6.45) is 0. The van der Waals surface area contributed by atoms with Crippen LogP contribution in [-0.2, 0) is 0 Å². The average molecular weight is 491 g/mol. The minimum Gasteiger partial charge on any atom is -0.340 e. The molecule has 34 heavy (non-hydrogen) atoms. The molecule has 0 saturated heterocycles. The van der Waals surface area contributed by atoms with Crippen molar-refractivity contribution in [1.29, 1.82) is 0 Å². The van der Waals surface area contributed by atoms with Gasteiger partial charge in [-0.2, -0.15) is 0 Å². The van der Waals surface area contributed by atoms with Crippen molar-refractivity contribution in [2.45, 2.75) is 27.7 Å². The number of hydrogen-bond donors (Lipinski definition) is 2. The van der Waals surface area contributed by atoms with Gasteiger partial charge in [-0.3, -0.25) is 0 Å². The van der Waals surface area contributed by atoms with E-state index in [0.717, 1.165) is 34.0 Å². The molecule has 0 aliphatic heterocycles. The molecule has 0 spiro atoms. The van der Waals surface area contributed by atoms with E-state index in [1.54, 1.807) is 0 Å². The number of anilines is 4. The van der Waals surface area contributed by atoms with Crippen LogP contribution < -0.4 is 10.6 Å². The van der Waals surface area contributed by atoms with Crippen molar-refractivity contribution in [3.63, 3.8) is 0 Å². The number of halogens is 2. The molecule has 0 unspecified atom stereocenters. The first kappa shape index (κ1) is 25.3. The summed E-state index contributed by atoms with van der Waals surface area (Å²) in [4.78, 5) is 9.59. The largest absolute Gasteiger partial charge is 0.340 e. The molecule has 2 N–H and O–H groups in total. The van der Waals surface area contributed by atoms with Crippen LogP contribution in [0.3, 0.4) is 0 Å². The molecule has 2 aromatic heterocycles. The average Bonchev–Trinajstić information content (AvgIpc) is 2.75. The summed E-state index contributed by atoms with van der Waals surface area (Å²) in [6.45, 7) is 8.47. The molecule has 0 aliphatic rings. The monoisotopic (exact) mass is 490 g/mol. The molecule has 0 atom stereocenters. The maximum Gasteiger partial charge on any atom is 0.131 e. The summed E-state index contributed by atoms with van der Waals surface area (Å²) in [5.74, 6) is 1.68. The summed E-state index contributed by atoms with van der Waals surface area (Å²) in [6, 6.07) is 25.1. The van der Waals surface area contributed by atoms with Crippen LogP contribution in [0.25, 0.3) is 21.8 Å². The summed E-state index contributed by atoms with van der Waals surface area (Å²) in [5.41, 5.74) is 8.85. The Morgan fingerprint density at radius 3 is 1.41 bits per heavy atom. The second-order valence-electron chi connectivity index (χ2n) is 8.52. The van der Waals surface area contributed by atoms with E-state index in [1.165, 1.54) is 33.0 Å². The van der Waals surface area contributed by atoms with E-state index >= 15 is 0 Å². The highest BCUT2D eigenvalue weighted by molar-refractivity contribution is 5.86. The Balaban J connectivity index is 0.00000162. The molecule has 5 rings (SSSR count). The predicted octanol–water partition coefficient (Wildman–Crippen LogP) is 8.35. The number of rotatable bonds is 4. The van der Waals surface area contributed by atoms with Crippen molar-refractivity contribution in [3.8, 4) is 0 Å². The van der Waals surface area contributed by atoms with Gasteiger partial charge in [-0.15, -0.1) is 24.8 Å². The molecule has 174 valence electrons. The molecule has 6 heteroatoms.